The Morgan fingerprint density at radius 2 is 2.05 bits per heavy atom. The molecule has 110 valence electrons. The van der Waals surface area contributed by atoms with Crippen LogP contribution in [0.3, 0.4) is 0 Å². The second kappa shape index (κ2) is 6.15. The third-order valence-electron chi connectivity index (χ3n) is 2.62. The van der Waals surface area contributed by atoms with E-state index >= 15 is 0 Å². The number of hydrogen-bond acceptors (Lipinski definition) is 3. The van der Waals surface area contributed by atoms with E-state index in [1.54, 1.807) is 6.92 Å². The lowest BCUT2D eigenvalue weighted by Gasteiger charge is -2.20. The van der Waals surface area contributed by atoms with Crippen molar-refractivity contribution < 1.29 is 22.7 Å². The van der Waals surface area contributed by atoms with Crippen molar-refractivity contribution in [2.24, 2.45) is 0 Å². The minimum absolute atomic E-state index is 0.207. The van der Waals surface area contributed by atoms with Crippen LogP contribution in [0.4, 0.5) is 4.39 Å². The maximum absolute atomic E-state index is 14.0. The van der Waals surface area contributed by atoms with Crippen molar-refractivity contribution in [3.8, 4) is 0 Å². The van der Waals surface area contributed by atoms with E-state index in [0.29, 0.717) is 9.87 Å². The molecule has 1 rings (SSSR count). The molecule has 7 heteroatoms. The highest BCUT2D eigenvalue weighted by Gasteiger charge is 2.30. The Hall–Kier alpha value is -1.73. The van der Waals surface area contributed by atoms with Crippen molar-refractivity contribution in [2.45, 2.75) is 18.7 Å². The van der Waals surface area contributed by atoms with Crippen LogP contribution in [0.25, 0.3) is 0 Å². The molecule has 20 heavy (non-hydrogen) atoms. The number of carbonyl (C=O) groups is 1. The summed E-state index contributed by atoms with van der Waals surface area (Å²) in [6.45, 7) is 5.54. The van der Waals surface area contributed by atoms with Crippen LogP contribution < -0.4 is 0 Å². The lowest BCUT2D eigenvalue weighted by molar-refractivity contribution is -0.137. The van der Waals surface area contributed by atoms with Gasteiger partial charge in [-0.25, -0.2) is 12.8 Å². The molecule has 0 unspecified atom stereocenters. The smallest absolute Gasteiger partial charge is 0.318 e. The maximum Gasteiger partial charge on any atom is 0.318 e. The predicted molar refractivity (Wildman–Crippen MR) is 72.5 cm³/mol. The van der Waals surface area contributed by atoms with Gasteiger partial charge in [-0.15, -0.1) is 6.58 Å². The zero-order valence-electron chi connectivity index (χ0n) is 11.3. The fraction of sp³-hybridized carbons (Fsp3) is 0.308. The number of aryl methyl sites for hydroxylation is 2. The van der Waals surface area contributed by atoms with Crippen LogP contribution >= 0.6 is 0 Å². The number of hydrogen-bond donors (Lipinski definition) is 1. The molecule has 1 aromatic rings. The number of halogens is 1. The van der Waals surface area contributed by atoms with Gasteiger partial charge in [0.15, 0.2) is 0 Å². The first kappa shape index (κ1) is 16.3. The molecule has 5 nitrogen and oxygen atoms in total. The van der Waals surface area contributed by atoms with Crippen LogP contribution in [0.1, 0.15) is 11.1 Å². The number of rotatable bonds is 6. The summed E-state index contributed by atoms with van der Waals surface area (Å²) in [4.78, 5) is 10.3. The van der Waals surface area contributed by atoms with Gasteiger partial charge in [-0.1, -0.05) is 12.1 Å². The Balaban J connectivity index is 3.40. The van der Waals surface area contributed by atoms with Gasteiger partial charge in [-0.05, 0) is 31.0 Å². The van der Waals surface area contributed by atoms with Crippen molar-refractivity contribution in [3.05, 3.63) is 41.7 Å². The number of benzene rings is 1. The zero-order chi connectivity index (χ0) is 15.5. The zero-order valence-corrected chi connectivity index (χ0v) is 12.1. The molecule has 0 atom stereocenters. The summed E-state index contributed by atoms with van der Waals surface area (Å²) < 4.78 is 39.4. The van der Waals surface area contributed by atoms with Crippen LogP contribution in [0, 0.1) is 19.7 Å². The largest absolute Gasteiger partial charge is 0.480 e. The summed E-state index contributed by atoms with van der Waals surface area (Å²) in [6.07, 6.45) is 1.25. The molecule has 0 heterocycles. The third-order valence-corrected chi connectivity index (χ3v) is 4.61. The number of nitrogens with zero attached hydrogens (tertiary/aromatic N) is 1. The minimum Gasteiger partial charge on any atom is -0.480 e. The molecule has 0 radical (unpaired) electrons. The highest BCUT2D eigenvalue weighted by molar-refractivity contribution is 7.89. The summed E-state index contributed by atoms with van der Waals surface area (Å²) >= 11 is 0. The predicted octanol–water partition coefficient (Wildman–Crippen LogP) is 1.70. The van der Waals surface area contributed by atoms with Crippen LogP contribution in [-0.4, -0.2) is 36.9 Å². The van der Waals surface area contributed by atoms with Crippen LogP contribution in [0.5, 0.6) is 0 Å². The van der Waals surface area contributed by atoms with E-state index in [1.807, 2.05) is 0 Å². The normalized spacial score (nSPS) is 11.6. The lowest BCUT2D eigenvalue weighted by atomic mass is 10.1. The number of carboxylic acids is 1. The van der Waals surface area contributed by atoms with Crippen LogP contribution in [0.15, 0.2) is 29.7 Å². The number of aliphatic carboxylic acids is 1. The van der Waals surface area contributed by atoms with E-state index < -0.39 is 33.3 Å². The highest BCUT2D eigenvalue weighted by Crippen LogP contribution is 2.24. The van der Waals surface area contributed by atoms with Crippen molar-refractivity contribution in [1.29, 1.82) is 0 Å². The third kappa shape index (κ3) is 3.43. The Labute approximate surface area is 117 Å². The van der Waals surface area contributed by atoms with Crippen molar-refractivity contribution in [1.82, 2.24) is 4.31 Å². The van der Waals surface area contributed by atoms with Gasteiger partial charge < -0.3 is 5.11 Å². The quantitative estimate of drug-likeness (QED) is 0.812. The summed E-state index contributed by atoms with van der Waals surface area (Å²) in [5.74, 6) is -2.21. The van der Waals surface area contributed by atoms with Gasteiger partial charge in [0.05, 0.1) is 0 Å². The fourth-order valence-electron chi connectivity index (χ4n) is 1.90. The SMILES string of the molecule is C=CCN(CC(=O)O)S(=O)(=O)c1c(C)cc(C)cc1F. The van der Waals surface area contributed by atoms with E-state index in [-0.39, 0.29) is 12.1 Å². The molecule has 0 aliphatic rings. The average Bonchev–Trinajstić information content (AvgIpc) is 2.25. The molecule has 0 aliphatic carbocycles. The Morgan fingerprint density at radius 3 is 2.50 bits per heavy atom. The van der Waals surface area contributed by atoms with E-state index in [0.717, 1.165) is 6.07 Å². The van der Waals surface area contributed by atoms with E-state index in [1.165, 1.54) is 19.1 Å². The maximum atomic E-state index is 14.0. The first-order chi connectivity index (χ1) is 9.20. The standard InChI is InChI=1S/C13H16FNO4S/c1-4-5-15(8-12(16)17)20(18,19)13-10(3)6-9(2)7-11(13)14/h4,6-7H,1,5,8H2,2-3H3,(H,16,17). The lowest BCUT2D eigenvalue weighted by Crippen LogP contribution is -2.36. The molecule has 0 fully saturated rings. The Bertz CT molecular complexity index is 617. The highest BCUT2D eigenvalue weighted by atomic mass is 32.2. The van der Waals surface area contributed by atoms with Gasteiger partial charge in [0.25, 0.3) is 0 Å². The average molecular weight is 301 g/mol. The summed E-state index contributed by atoms with van der Waals surface area (Å²) in [5.41, 5.74) is 0.828. The van der Waals surface area contributed by atoms with Gasteiger partial charge in [-0.3, -0.25) is 4.79 Å². The summed E-state index contributed by atoms with van der Waals surface area (Å²) in [6, 6.07) is 2.63. The molecular formula is C13H16FNO4S. The van der Waals surface area contributed by atoms with Gasteiger partial charge in [0, 0.05) is 6.54 Å². The second-order valence-corrected chi connectivity index (χ2v) is 6.25. The number of carboxylic acid groups (broad SMARTS) is 1. The topological polar surface area (TPSA) is 74.7 Å². The van der Waals surface area contributed by atoms with Crippen LogP contribution in [0.2, 0.25) is 0 Å². The molecule has 0 saturated heterocycles. The molecule has 0 saturated carbocycles. The number of sulfonamides is 1. The fourth-order valence-corrected chi connectivity index (χ4v) is 3.51. The van der Waals surface area contributed by atoms with Gasteiger partial charge in [0.2, 0.25) is 10.0 Å². The van der Waals surface area contributed by atoms with E-state index in [2.05, 4.69) is 6.58 Å². The minimum atomic E-state index is -4.23. The molecule has 0 aromatic heterocycles. The van der Waals surface area contributed by atoms with Crippen molar-refractivity contribution in [2.75, 3.05) is 13.1 Å². The molecule has 1 N–H and O–H groups in total. The van der Waals surface area contributed by atoms with E-state index in [9.17, 15) is 17.6 Å². The van der Waals surface area contributed by atoms with Crippen LogP contribution in [-0.2, 0) is 14.8 Å². The second-order valence-electron chi connectivity index (χ2n) is 4.37. The van der Waals surface area contributed by atoms with Gasteiger partial charge in [0.1, 0.15) is 17.3 Å². The molecule has 0 spiro atoms. The molecule has 0 bridgehead atoms. The molecule has 0 aliphatic heterocycles. The first-order valence-corrected chi connectivity index (χ1v) is 7.23. The Kier molecular flexibility index (Phi) is 5.02. The van der Waals surface area contributed by atoms with Crippen molar-refractivity contribution >= 4 is 16.0 Å². The van der Waals surface area contributed by atoms with Gasteiger partial charge in [-0.2, -0.15) is 4.31 Å². The molecular weight excluding hydrogens is 285 g/mol. The first-order valence-electron chi connectivity index (χ1n) is 5.79. The molecule has 1 aromatic carbocycles. The monoisotopic (exact) mass is 301 g/mol. The van der Waals surface area contributed by atoms with Gasteiger partial charge >= 0.3 is 5.97 Å². The Morgan fingerprint density at radius 1 is 1.45 bits per heavy atom. The van der Waals surface area contributed by atoms with Crippen molar-refractivity contribution in [3.63, 3.8) is 0 Å². The van der Waals surface area contributed by atoms with E-state index in [4.69, 9.17) is 5.11 Å². The molecule has 0 amide bonds. The summed E-state index contributed by atoms with van der Waals surface area (Å²) in [5, 5.41) is 8.77. The summed E-state index contributed by atoms with van der Waals surface area (Å²) in [7, 11) is -4.23.